The number of sulfonamides is 1. The molecule has 0 radical (unpaired) electrons. The maximum absolute atomic E-state index is 12.6. The van der Waals surface area contributed by atoms with Gasteiger partial charge in [-0.15, -0.1) is 0 Å². The highest BCUT2D eigenvalue weighted by Crippen LogP contribution is 2.22. The van der Waals surface area contributed by atoms with Crippen molar-refractivity contribution < 1.29 is 13.2 Å². The zero-order valence-corrected chi connectivity index (χ0v) is 13.8. The summed E-state index contributed by atoms with van der Waals surface area (Å²) < 4.78 is 24.8. The van der Waals surface area contributed by atoms with Crippen molar-refractivity contribution in [3.63, 3.8) is 0 Å². The number of benzene rings is 1. The van der Waals surface area contributed by atoms with Gasteiger partial charge in [0, 0.05) is 26.0 Å². The van der Waals surface area contributed by atoms with E-state index in [9.17, 15) is 13.2 Å². The summed E-state index contributed by atoms with van der Waals surface area (Å²) in [5.41, 5.74) is 1.51. The zero-order valence-electron chi connectivity index (χ0n) is 13.0. The highest BCUT2D eigenvalue weighted by molar-refractivity contribution is 7.88. The molecule has 0 bridgehead atoms. The Bertz CT molecular complexity index is 749. The molecule has 122 valence electrons. The number of nitrogens with one attached hydrogen (secondary N) is 1. The van der Waals surface area contributed by atoms with Gasteiger partial charge in [0.1, 0.15) is 6.04 Å². The molecule has 0 saturated heterocycles. The lowest BCUT2D eigenvalue weighted by Crippen LogP contribution is -2.41. The van der Waals surface area contributed by atoms with Crippen molar-refractivity contribution in [1.82, 2.24) is 14.6 Å². The Morgan fingerprint density at radius 2 is 1.78 bits per heavy atom. The van der Waals surface area contributed by atoms with Gasteiger partial charge in [0.15, 0.2) is 0 Å². The minimum atomic E-state index is -3.52. The summed E-state index contributed by atoms with van der Waals surface area (Å²) in [4.78, 5) is 16.5. The molecule has 0 aliphatic carbocycles. The van der Waals surface area contributed by atoms with E-state index in [0.717, 1.165) is 16.1 Å². The molecular weight excluding hydrogens is 314 g/mol. The van der Waals surface area contributed by atoms with Crippen molar-refractivity contribution in [1.29, 1.82) is 0 Å². The van der Waals surface area contributed by atoms with Crippen LogP contribution in [-0.4, -0.2) is 36.9 Å². The molecule has 7 heteroatoms. The lowest BCUT2D eigenvalue weighted by Gasteiger charge is -2.25. The maximum Gasteiger partial charge on any atom is 0.243 e. The molecule has 2 rings (SSSR count). The highest BCUT2D eigenvalue weighted by Gasteiger charge is 2.30. The molecule has 1 heterocycles. The fraction of sp³-hybridized carbons (Fsp3) is 0.250. The van der Waals surface area contributed by atoms with E-state index in [4.69, 9.17) is 0 Å². The van der Waals surface area contributed by atoms with Crippen LogP contribution in [-0.2, 0) is 21.4 Å². The lowest BCUT2D eigenvalue weighted by molar-refractivity contribution is -0.124. The van der Waals surface area contributed by atoms with E-state index in [-0.39, 0.29) is 5.91 Å². The molecule has 23 heavy (non-hydrogen) atoms. The Morgan fingerprint density at radius 3 is 2.35 bits per heavy atom. The summed E-state index contributed by atoms with van der Waals surface area (Å²) >= 11 is 0. The SMILES string of the molecule is CN([C@H](C(=O)NCc1ccncc1)c1ccccc1)S(C)(=O)=O. The van der Waals surface area contributed by atoms with E-state index >= 15 is 0 Å². The van der Waals surface area contributed by atoms with Gasteiger partial charge in [-0.3, -0.25) is 9.78 Å². The van der Waals surface area contributed by atoms with E-state index in [1.807, 2.05) is 6.07 Å². The van der Waals surface area contributed by atoms with Crippen LogP contribution in [0.25, 0.3) is 0 Å². The Labute approximate surface area is 136 Å². The number of hydrogen-bond donors (Lipinski definition) is 1. The summed E-state index contributed by atoms with van der Waals surface area (Å²) in [5, 5.41) is 2.78. The van der Waals surface area contributed by atoms with Crippen molar-refractivity contribution in [2.45, 2.75) is 12.6 Å². The lowest BCUT2D eigenvalue weighted by atomic mass is 10.1. The topological polar surface area (TPSA) is 79.4 Å². The molecule has 0 unspecified atom stereocenters. The monoisotopic (exact) mass is 333 g/mol. The van der Waals surface area contributed by atoms with E-state index in [1.54, 1.807) is 48.8 Å². The third kappa shape index (κ3) is 4.61. The summed E-state index contributed by atoms with van der Waals surface area (Å²) in [6.07, 6.45) is 4.36. The van der Waals surface area contributed by atoms with E-state index in [2.05, 4.69) is 10.3 Å². The number of carbonyl (C=O) groups excluding carboxylic acids is 1. The molecule has 0 aliphatic rings. The van der Waals surface area contributed by atoms with Gasteiger partial charge in [0.25, 0.3) is 0 Å². The van der Waals surface area contributed by atoms with Crippen LogP contribution in [0.4, 0.5) is 0 Å². The van der Waals surface area contributed by atoms with Crippen molar-refractivity contribution in [3.05, 3.63) is 66.0 Å². The molecule has 0 fully saturated rings. The Morgan fingerprint density at radius 1 is 1.17 bits per heavy atom. The normalized spacial score (nSPS) is 12.8. The molecule has 1 N–H and O–H groups in total. The maximum atomic E-state index is 12.6. The number of hydrogen-bond acceptors (Lipinski definition) is 4. The van der Waals surface area contributed by atoms with Crippen LogP contribution in [0.2, 0.25) is 0 Å². The summed E-state index contributed by atoms with van der Waals surface area (Å²) in [6.45, 7) is 0.308. The molecule has 0 aliphatic heterocycles. The zero-order chi connectivity index (χ0) is 16.9. The molecule has 1 atom stereocenters. The first-order valence-corrected chi connectivity index (χ1v) is 8.89. The average Bonchev–Trinajstić information content (AvgIpc) is 2.54. The average molecular weight is 333 g/mol. The van der Waals surface area contributed by atoms with Gasteiger partial charge in [-0.25, -0.2) is 8.42 Å². The Balaban J connectivity index is 2.21. The van der Waals surface area contributed by atoms with Crippen LogP contribution in [0.1, 0.15) is 17.2 Å². The smallest absolute Gasteiger partial charge is 0.243 e. The van der Waals surface area contributed by atoms with Gasteiger partial charge in [0.2, 0.25) is 15.9 Å². The Kier molecular flexibility index (Phi) is 5.46. The predicted molar refractivity (Wildman–Crippen MR) is 87.9 cm³/mol. The summed E-state index contributed by atoms with van der Waals surface area (Å²) in [5.74, 6) is -0.374. The van der Waals surface area contributed by atoms with Crippen molar-refractivity contribution in [2.75, 3.05) is 13.3 Å². The van der Waals surface area contributed by atoms with Gasteiger partial charge >= 0.3 is 0 Å². The number of rotatable bonds is 6. The second-order valence-electron chi connectivity index (χ2n) is 5.17. The first-order valence-electron chi connectivity index (χ1n) is 7.04. The standard InChI is InChI=1S/C16H19N3O3S/c1-19(23(2,21)22)15(14-6-4-3-5-7-14)16(20)18-12-13-8-10-17-11-9-13/h3-11,15H,12H2,1-2H3,(H,18,20)/t15-/m0/s1. The highest BCUT2D eigenvalue weighted by atomic mass is 32.2. The van der Waals surface area contributed by atoms with Crippen LogP contribution < -0.4 is 5.32 Å². The molecule has 2 aromatic rings. The number of aromatic nitrogens is 1. The largest absolute Gasteiger partial charge is 0.350 e. The van der Waals surface area contributed by atoms with E-state index in [1.165, 1.54) is 7.05 Å². The van der Waals surface area contributed by atoms with Crippen LogP contribution in [0.5, 0.6) is 0 Å². The van der Waals surface area contributed by atoms with Gasteiger partial charge in [-0.2, -0.15) is 4.31 Å². The quantitative estimate of drug-likeness (QED) is 0.865. The van der Waals surface area contributed by atoms with Gasteiger partial charge in [-0.1, -0.05) is 30.3 Å². The number of likely N-dealkylation sites (N-methyl/N-ethyl adjacent to an activating group) is 1. The van der Waals surface area contributed by atoms with Crippen molar-refractivity contribution in [3.8, 4) is 0 Å². The summed E-state index contributed by atoms with van der Waals surface area (Å²) in [6, 6.07) is 11.5. The molecule has 1 aromatic heterocycles. The van der Waals surface area contributed by atoms with E-state index in [0.29, 0.717) is 12.1 Å². The van der Waals surface area contributed by atoms with Crippen LogP contribution in [0.15, 0.2) is 54.9 Å². The predicted octanol–water partition coefficient (Wildman–Crippen LogP) is 1.33. The van der Waals surface area contributed by atoms with Gasteiger partial charge in [0.05, 0.1) is 6.26 Å². The van der Waals surface area contributed by atoms with Gasteiger partial charge < -0.3 is 5.32 Å². The van der Waals surface area contributed by atoms with E-state index < -0.39 is 16.1 Å². The first-order chi connectivity index (χ1) is 10.9. The first kappa shape index (κ1) is 17.1. The molecule has 1 amide bonds. The fourth-order valence-corrected chi connectivity index (χ4v) is 2.74. The second kappa shape index (κ2) is 7.34. The third-order valence-corrected chi connectivity index (χ3v) is 4.72. The van der Waals surface area contributed by atoms with Crippen LogP contribution in [0, 0.1) is 0 Å². The minimum Gasteiger partial charge on any atom is -0.350 e. The van der Waals surface area contributed by atoms with Crippen molar-refractivity contribution in [2.24, 2.45) is 0 Å². The van der Waals surface area contributed by atoms with Crippen LogP contribution >= 0.6 is 0 Å². The third-order valence-electron chi connectivity index (χ3n) is 3.47. The van der Waals surface area contributed by atoms with Gasteiger partial charge in [-0.05, 0) is 23.3 Å². The molecule has 1 aromatic carbocycles. The molecular formula is C16H19N3O3S. The van der Waals surface area contributed by atoms with Crippen LogP contribution in [0.3, 0.4) is 0 Å². The molecule has 0 spiro atoms. The summed E-state index contributed by atoms with van der Waals surface area (Å²) in [7, 11) is -2.11. The molecule has 0 saturated carbocycles. The number of pyridine rings is 1. The second-order valence-corrected chi connectivity index (χ2v) is 7.21. The van der Waals surface area contributed by atoms with Crippen molar-refractivity contribution >= 4 is 15.9 Å². The number of amides is 1. The molecule has 6 nitrogen and oxygen atoms in total. The number of nitrogens with zero attached hydrogens (tertiary/aromatic N) is 2. The number of carbonyl (C=O) groups is 1. The minimum absolute atomic E-state index is 0.308. The Hall–Kier alpha value is -2.25. The fourth-order valence-electron chi connectivity index (χ4n) is 2.14.